The second kappa shape index (κ2) is 6.94. The summed E-state index contributed by atoms with van der Waals surface area (Å²) in [6.45, 7) is 10.7. The molecule has 0 saturated carbocycles. The van der Waals surface area contributed by atoms with E-state index in [0.29, 0.717) is 29.2 Å². The van der Waals surface area contributed by atoms with Gasteiger partial charge in [-0.05, 0) is 71.0 Å². The number of halogens is 3. The summed E-state index contributed by atoms with van der Waals surface area (Å²) < 4.78 is 43.0. The third kappa shape index (κ3) is 3.80. The molecule has 0 amide bonds. The molecule has 0 bridgehead atoms. The molecule has 0 N–H and O–H groups in total. The zero-order valence-corrected chi connectivity index (χ0v) is 16.8. The minimum absolute atomic E-state index is 0.000490. The third-order valence-electron chi connectivity index (χ3n) is 5.96. The highest BCUT2D eigenvalue weighted by atomic mass is 19.4. The van der Waals surface area contributed by atoms with E-state index in [4.69, 9.17) is 0 Å². The highest BCUT2D eigenvalue weighted by Crippen LogP contribution is 2.48. The first-order valence-corrected chi connectivity index (χ1v) is 9.43. The van der Waals surface area contributed by atoms with Crippen molar-refractivity contribution in [3.05, 3.63) is 52.6 Å². The summed E-state index contributed by atoms with van der Waals surface area (Å²) in [5.41, 5.74) is 4.51. The van der Waals surface area contributed by atoms with Gasteiger partial charge in [0.2, 0.25) is 0 Å². The minimum atomic E-state index is -4.80. The van der Waals surface area contributed by atoms with E-state index in [0.717, 1.165) is 17.5 Å². The van der Waals surface area contributed by atoms with Crippen molar-refractivity contribution in [1.29, 1.82) is 0 Å². The number of fused-ring (bicyclic) bond motifs is 1. The largest absolute Gasteiger partial charge is 0.573 e. The Balaban J connectivity index is 2.24. The average Bonchev–Trinajstić information content (AvgIpc) is 2.58. The van der Waals surface area contributed by atoms with Crippen LogP contribution >= 0.6 is 0 Å². The number of carbonyl (C=O) groups is 1. The van der Waals surface area contributed by atoms with E-state index in [1.807, 2.05) is 13.0 Å². The van der Waals surface area contributed by atoms with Gasteiger partial charge in [0.15, 0.2) is 0 Å². The molecular weight excluding hydrogens is 365 g/mol. The highest BCUT2D eigenvalue weighted by molar-refractivity contribution is 5.83. The van der Waals surface area contributed by atoms with E-state index in [1.165, 1.54) is 23.8 Å². The van der Waals surface area contributed by atoms with Crippen molar-refractivity contribution in [2.75, 3.05) is 0 Å². The van der Waals surface area contributed by atoms with Gasteiger partial charge in [0.25, 0.3) is 0 Å². The van der Waals surface area contributed by atoms with Crippen LogP contribution in [-0.4, -0.2) is 12.6 Å². The zero-order valence-electron chi connectivity index (χ0n) is 16.8. The summed E-state index contributed by atoms with van der Waals surface area (Å²) >= 11 is 0. The molecule has 1 aliphatic carbocycles. The van der Waals surface area contributed by atoms with E-state index in [9.17, 15) is 18.0 Å². The lowest BCUT2D eigenvalue weighted by Crippen LogP contribution is -2.30. The molecule has 2 atom stereocenters. The molecule has 0 aliphatic heterocycles. The quantitative estimate of drug-likeness (QED) is 0.539. The fourth-order valence-electron chi connectivity index (χ4n) is 4.42. The van der Waals surface area contributed by atoms with Crippen molar-refractivity contribution < 1.29 is 22.7 Å². The second-order valence-electron chi connectivity index (χ2n) is 8.53. The maximum Gasteiger partial charge on any atom is 0.573 e. The molecule has 1 aliphatic rings. The number of aldehydes is 1. The molecule has 0 radical (unpaired) electrons. The van der Waals surface area contributed by atoms with Gasteiger partial charge in [-0.15, -0.1) is 13.2 Å². The monoisotopic (exact) mass is 390 g/mol. The molecule has 5 heteroatoms. The lowest BCUT2D eigenvalue weighted by atomic mass is 9.64. The summed E-state index contributed by atoms with van der Waals surface area (Å²) in [5.74, 6) is 0.464. The highest BCUT2D eigenvalue weighted by Gasteiger charge is 2.36. The van der Waals surface area contributed by atoms with Crippen molar-refractivity contribution in [1.82, 2.24) is 0 Å². The van der Waals surface area contributed by atoms with Crippen LogP contribution in [0.3, 0.4) is 0 Å². The second-order valence-corrected chi connectivity index (χ2v) is 8.53. The number of carbonyl (C=O) groups excluding carboxylic acids is 1. The van der Waals surface area contributed by atoms with Crippen molar-refractivity contribution in [2.45, 2.75) is 58.7 Å². The van der Waals surface area contributed by atoms with E-state index in [-0.39, 0.29) is 16.7 Å². The van der Waals surface area contributed by atoms with Gasteiger partial charge in [0.05, 0.1) is 0 Å². The van der Waals surface area contributed by atoms with Gasteiger partial charge in [-0.3, -0.25) is 4.79 Å². The molecule has 150 valence electrons. The predicted octanol–water partition coefficient (Wildman–Crippen LogP) is 6.79. The standard InChI is InChI=1S/C23H25F3O2/c1-13-8-20-18(15(3)14(2)11-22(20,4)5)10-17(13)19-9-16(12-27)6-7-21(19)28-23(24,25)26/h6-10,12,14-15H,11H2,1-5H3. The fraction of sp³-hybridized carbons (Fsp3) is 0.435. The van der Waals surface area contributed by atoms with E-state index in [2.05, 4.69) is 38.5 Å². The first-order valence-electron chi connectivity index (χ1n) is 9.43. The minimum Gasteiger partial charge on any atom is -0.405 e. The van der Waals surface area contributed by atoms with Crippen molar-refractivity contribution in [3.63, 3.8) is 0 Å². The Morgan fingerprint density at radius 1 is 1.11 bits per heavy atom. The van der Waals surface area contributed by atoms with Gasteiger partial charge in [-0.25, -0.2) is 0 Å². The molecule has 0 fully saturated rings. The van der Waals surface area contributed by atoms with Crippen LogP contribution in [0.2, 0.25) is 0 Å². The summed E-state index contributed by atoms with van der Waals surface area (Å²) in [7, 11) is 0. The summed E-state index contributed by atoms with van der Waals surface area (Å²) in [6.07, 6.45) is -3.12. The zero-order chi connectivity index (χ0) is 20.9. The van der Waals surface area contributed by atoms with E-state index in [1.54, 1.807) is 0 Å². The summed E-state index contributed by atoms with van der Waals surface area (Å²) in [5, 5.41) is 0. The van der Waals surface area contributed by atoms with Crippen molar-refractivity contribution in [2.24, 2.45) is 5.92 Å². The smallest absolute Gasteiger partial charge is 0.405 e. The first kappa shape index (κ1) is 20.4. The number of benzene rings is 2. The molecule has 0 heterocycles. The molecule has 2 unspecified atom stereocenters. The van der Waals surface area contributed by atoms with Gasteiger partial charge >= 0.3 is 6.36 Å². The molecule has 0 spiro atoms. The van der Waals surface area contributed by atoms with Gasteiger partial charge in [0.1, 0.15) is 12.0 Å². The van der Waals surface area contributed by atoms with Crippen LogP contribution in [0.1, 0.15) is 67.1 Å². The third-order valence-corrected chi connectivity index (χ3v) is 5.96. The maximum atomic E-state index is 12.9. The van der Waals surface area contributed by atoms with E-state index >= 15 is 0 Å². The van der Waals surface area contributed by atoms with Crippen LogP contribution in [0, 0.1) is 12.8 Å². The molecule has 28 heavy (non-hydrogen) atoms. The number of hydrogen-bond donors (Lipinski definition) is 0. The van der Waals surface area contributed by atoms with Crippen molar-refractivity contribution in [3.8, 4) is 16.9 Å². The molecule has 2 aromatic carbocycles. The fourth-order valence-corrected chi connectivity index (χ4v) is 4.42. The van der Waals surface area contributed by atoms with Crippen LogP contribution in [-0.2, 0) is 5.41 Å². The Bertz CT molecular complexity index is 913. The Kier molecular flexibility index (Phi) is 5.07. The van der Waals surface area contributed by atoms with Gasteiger partial charge < -0.3 is 4.74 Å². The number of hydrogen-bond acceptors (Lipinski definition) is 2. The molecule has 2 aromatic rings. The lowest BCUT2D eigenvalue weighted by Gasteiger charge is -2.41. The van der Waals surface area contributed by atoms with E-state index < -0.39 is 6.36 Å². The molecular formula is C23H25F3O2. The normalized spacial score (nSPS) is 21.1. The van der Waals surface area contributed by atoms with Crippen molar-refractivity contribution >= 4 is 6.29 Å². The first-order chi connectivity index (χ1) is 12.9. The van der Waals surface area contributed by atoms with Crippen LogP contribution in [0.15, 0.2) is 30.3 Å². The van der Waals surface area contributed by atoms with Crippen LogP contribution in [0.25, 0.3) is 11.1 Å². The number of rotatable bonds is 3. The Morgan fingerprint density at radius 2 is 1.79 bits per heavy atom. The number of alkyl halides is 3. The number of aryl methyl sites for hydroxylation is 1. The average molecular weight is 390 g/mol. The van der Waals surface area contributed by atoms with Gasteiger partial charge in [-0.2, -0.15) is 0 Å². The summed E-state index contributed by atoms with van der Waals surface area (Å²) in [6, 6.07) is 8.07. The molecule has 3 rings (SSSR count). The Labute approximate surface area is 163 Å². The van der Waals surface area contributed by atoms with Crippen LogP contribution in [0.4, 0.5) is 13.2 Å². The van der Waals surface area contributed by atoms with Gasteiger partial charge in [0, 0.05) is 11.1 Å². The SMILES string of the molecule is Cc1cc2c(cc1-c1cc(C=O)ccc1OC(F)(F)F)C(C)C(C)CC2(C)C. The Hall–Kier alpha value is -2.30. The molecule has 2 nitrogen and oxygen atoms in total. The lowest BCUT2D eigenvalue weighted by molar-refractivity contribution is -0.274. The van der Waals surface area contributed by atoms with Crippen LogP contribution in [0.5, 0.6) is 5.75 Å². The predicted molar refractivity (Wildman–Crippen MR) is 104 cm³/mol. The van der Waals surface area contributed by atoms with Crippen LogP contribution < -0.4 is 4.74 Å². The number of ether oxygens (including phenoxy) is 1. The molecule has 0 aromatic heterocycles. The molecule has 0 saturated heterocycles. The van der Waals surface area contributed by atoms with Gasteiger partial charge in [-0.1, -0.05) is 39.8 Å². The topological polar surface area (TPSA) is 26.3 Å². The Morgan fingerprint density at radius 3 is 2.39 bits per heavy atom. The maximum absolute atomic E-state index is 12.9. The summed E-state index contributed by atoms with van der Waals surface area (Å²) in [4.78, 5) is 11.2.